The Bertz CT molecular complexity index is 892. The molecule has 2 aromatic carbocycles. The summed E-state index contributed by atoms with van der Waals surface area (Å²) in [6.45, 7) is 7.61. The van der Waals surface area contributed by atoms with Crippen LogP contribution in [-0.4, -0.2) is 39.8 Å². The quantitative estimate of drug-likeness (QED) is 0.289. The average molecular weight is 406 g/mol. The summed E-state index contributed by atoms with van der Waals surface area (Å²) in [6, 6.07) is 18.4. The molecule has 1 heterocycles. The van der Waals surface area contributed by atoms with Crippen molar-refractivity contribution in [3.63, 3.8) is 0 Å². The van der Waals surface area contributed by atoms with Crippen molar-refractivity contribution < 1.29 is 0 Å². The molecule has 6 heteroatoms. The van der Waals surface area contributed by atoms with E-state index < -0.39 is 0 Å². The van der Waals surface area contributed by atoms with Crippen LogP contribution >= 0.6 is 36.4 Å². The summed E-state index contributed by atoms with van der Waals surface area (Å²) in [5, 5.41) is 1.98. The number of halogens is 1. The summed E-state index contributed by atoms with van der Waals surface area (Å²) in [6.07, 6.45) is 0. The van der Waals surface area contributed by atoms with Gasteiger partial charge in [0, 0.05) is 23.4 Å². The number of fused-ring (bicyclic) bond motifs is 1. The first-order valence-corrected chi connectivity index (χ1v) is 10.1. The van der Waals surface area contributed by atoms with Gasteiger partial charge in [0.15, 0.2) is 5.16 Å². The lowest BCUT2D eigenvalue weighted by molar-refractivity contribution is 0.324. The highest BCUT2D eigenvalue weighted by molar-refractivity contribution is 7.99. The lowest BCUT2D eigenvalue weighted by Gasteiger charge is -2.19. The lowest BCUT2D eigenvalue weighted by Crippen LogP contribution is -2.25. The van der Waals surface area contributed by atoms with Crippen LogP contribution in [-0.2, 0) is 0 Å². The molecule has 0 unspecified atom stereocenters. The van der Waals surface area contributed by atoms with Crippen molar-refractivity contribution in [2.75, 3.05) is 25.4 Å². The largest absolute Gasteiger partial charge is 0.303 e. The molecule has 0 aliphatic carbocycles. The number of para-hydroxylation sites is 2. The van der Waals surface area contributed by atoms with Gasteiger partial charge >= 0.3 is 0 Å². The average Bonchev–Trinajstić information content (AvgIpc) is 2.66. The first kappa shape index (κ1) is 20.9. The second-order valence-electron chi connectivity index (χ2n) is 5.76. The molecule has 0 N–H and O–H groups in total. The number of hydrogen-bond donors (Lipinski definition) is 0. The van der Waals surface area contributed by atoms with Gasteiger partial charge in [-0.25, -0.2) is 4.98 Å². The van der Waals surface area contributed by atoms with Gasteiger partial charge in [-0.05, 0) is 37.4 Å². The summed E-state index contributed by atoms with van der Waals surface area (Å²) in [7, 11) is 0. The van der Waals surface area contributed by atoms with E-state index in [9.17, 15) is 0 Å². The molecule has 0 aliphatic rings. The molecular formula is C20H24ClN3S2. The van der Waals surface area contributed by atoms with Crippen LogP contribution in [0.1, 0.15) is 13.8 Å². The van der Waals surface area contributed by atoms with Gasteiger partial charge in [0.1, 0.15) is 4.64 Å². The van der Waals surface area contributed by atoms with E-state index >= 15 is 0 Å². The van der Waals surface area contributed by atoms with Crippen molar-refractivity contribution in [2.45, 2.75) is 19.0 Å². The topological polar surface area (TPSA) is 21.1 Å². The first-order valence-electron chi connectivity index (χ1n) is 8.67. The van der Waals surface area contributed by atoms with Crippen molar-refractivity contribution in [2.24, 2.45) is 0 Å². The third-order valence-electron chi connectivity index (χ3n) is 4.29. The third kappa shape index (κ3) is 4.65. The molecule has 3 nitrogen and oxygen atoms in total. The smallest absolute Gasteiger partial charge is 0.174 e. The number of thioether (sulfide) groups is 1. The van der Waals surface area contributed by atoms with E-state index in [0.717, 1.165) is 51.8 Å². The fraction of sp³-hybridized carbons (Fsp3) is 0.300. The zero-order valence-electron chi connectivity index (χ0n) is 15.1. The van der Waals surface area contributed by atoms with E-state index in [1.165, 1.54) is 0 Å². The summed E-state index contributed by atoms with van der Waals surface area (Å²) in [5.74, 6) is 0.995. The van der Waals surface area contributed by atoms with Crippen LogP contribution in [0.25, 0.3) is 16.6 Å². The number of benzene rings is 2. The summed E-state index contributed by atoms with van der Waals surface area (Å²) < 4.78 is 2.92. The van der Waals surface area contributed by atoms with E-state index in [1.54, 1.807) is 11.8 Å². The maximum Gasteiger partial charge on any atom is 0.174 e. The fourth-order valence-corrected chi connectivity index (χ4v) is 4.26. The zero-order valence-corrected chi connectivity index (χ0v) is 17.5. The van der Waals surface area contributed by atoms with Crippen LogP contribution in [0.5, 0.6) is 0 Å². The lowest BCUT2D eigenvalue weighted by atomic mass is 10.2. The Morgan fingerprint density at radius 2 is 1.65 bits per heavy atom. The molecule has 0 fully saturated rings. The molecule has 0 saturated carbocycles. The molecule has 0 spiro atoms. The normalized spacial score (nSPS) is 10.9. The van der Waals surface area contributed by atoms with Crippen molar-refractivity contribution in [3.8, 4) is 5.69 Å². The zero-order chi connectivity index (χ0) is 17.6. The molecule has 0 saturated heterocycles. The van der Waals surface area contributed by atoms with Gasteiger partial charge in [-0.2, -0.15) is 0 Å². The Morgan fingerprint density at radius 1 is 1.00 bits per heavy atom. The maximum absolute atomic E-state index is 5.81. The minimum Gasteiger partial charge on any atom is -0.303 e. The van der Waals surface area contributed by atoms with Crippen LogP contribution < -0.4 is 0 Å². The van der Waals surface area contributed by atoms with Crippen LogP contribution in [0.15, 0.2) is 59.8 Å². The summed E-state index contributed by atoms with van der Waals surface area (Å²) in [5.41, 5.74) is 2.03. The van der Waals surface area contributed by atoms with Crippen molar-refractivity contribution in [1.82, 2.24) is 14.5 Å². The SMILES string of the molecule is CCN(CC)CCSc1nc2ccccc2c(=S)n1-c1ccccc1.Cl. The maximum atomic E-state index is 5.81. The standard InChI is InChI=1S/C20H23N3S2.ClH/c1-3-22(4-2)14-15-25-20-21-18-13-9-8-12-17(18)19(24)23(20)16-10-6-5-7-11-16;/h5-13H,3-4,14-15H2,1-2H3;1H. The minimum atomic E-state index is 0. The second kappa shape index (κ2) is 10.1. The Hall–Kier alpha value is -1.40. The minimum absolute atomic E-state index is 0. The predicted octanol–water partition coefficient (Wildman–Crippen LogP) is 5.61. The summed E-state index contributed by atoms with van der Waals surface area (Å²) >= 11 is 7.58. The Kier molecular flexibility index (Phi) is 8.10. The Balaban J connectivity index is 0.00000243. The van der Waals surface area contributed by atoms with Crippen molar-refractivity contribution >= 4 is 47.3 Å². The van der Waals surface area contributed by atoms with E-state index in [4.69, 9.17) is 17.2 Å². The first-order chi connectivity index (χ1) is 12.2. The van der Waals surface area contributed by atoms with Crippen molar-refractivity contribution in [3.05, 3.63) is 59.2 Å². The van der Waals surface area contributed by atoms with Gasteiger partial charge in [-0.15, -0.1) is 12.4 Å². The van der Waals surface area contributed by atoms with E-state index in [2.05, 4.69) is 41.5 Å². The van der Waals surface area contributed by atoms with Gasteiger partial charge in [0.05, 0.1) is 5.52 Å². The van der Waals surface area contributed by atoms with E-state index in [0.29, 0.717) is 0 Å². The molecule has 0 amide bonds. The summed E-state index contributed by atoms with van der Waals surface area (Å²) in [4.78, 5) is 7.33. The number of nitrogens with zero attached hydrogens (tertiary/aromatic N) is 3. The van der Waals surface area contributed by atoms with Gasteiger partial charge in [0.25, 0.3) is 0 Å². The van der Waals surface area contributed by atoms with Crippen LogP contribution in [0.4, 0.5) is 0 Å². The van der Waals surface area contributed by atoms with E-state index in [-0.39, 0.29) is 12.4 Å². The van der Waals surface area contributed by atoms with Gasteiger partial charge in [-0.3, -0.25) is 4.57 Å². The molecule has 3 rings (SSSR count). The highest BCUT2D eigenvalue weighted by Crippen LogP contribution is 2.25. The van der Waals surface area contributed by atoms with Gasteiger partial charge in [0.2, 0.25) is 0 Å². The molecule has 138 valence electrons. The van der Waals surface area contributed by atoms with Gasteiger partial charge in [-0.1, -0.05) is 68.2 Å². The highest BCUT2D eigenvalue weighted by atomic mass is 35.5. The number of hydrogen-bond acceptors (Lipinski definition) is 4. The molecule has 0 radical (unpaired) electrons. The third-order valence-corrected chi connectivity index (χ3v) is 5.61. The van der Waals surface area contributed by atoms with Gasteiger partial charge < -0.3 is 4.90 Å². The molecule has 0 bridgehead atoms. The van der Waals surface area contributed by atoms with Crippen molar-refractivity contribution in [1.29, 1.82) is 0 Å². The molecule has 0 aliphatic heterocycles. The fourth-order valence-electron chi connectivity index (χ4n) is 2.82. The molecule has 0 atom stereocenters. The monoisotopic (exact) mass is 405 g/mol. The van der Waals surface area contributed by atoms with Crippen LogP contribution in [0.3, 0.4) is 0 Å². The van der Waals surface area contributed by atoms with Crippen LogP contribution in [0.2, 0.25) is 0 Å². The van der Waals surface area contributed by atoms with Crippen LogP contribution in [0, 0.1) is 4.64 Å². The molecule has 1 aromatic heterocycles. The predicted molar refractivity (Wildman–Crippen MR) is 118 cm³/mol. The van der Waals surface area contributed by atoms with E-state index in [1.807, 2.05) is 36.4 Å². The molecular weight excluding hydrogens is 382 g/mol. The highest BCUT2D eigenvalue weighted by Gasteiger charge is 2.11. The Morgan fingerprint density at radius 3 is 2.35 bits per heavy atom. The Labute approximate surface area is 170 Å². The molecule has 3 aromatic rings. The molecule has 26 heavy (non-hydrogen) atoms. The number of rotatable bonds is 7. The second-order valence-corrected chi connectivity index (χ2v) is 7.21. The number of aromatic nitrogens is 2.